The van der Waals surface area contributed by atoms with Crippen LogP contribution < -0.4 is 5.32 Å². The first kappa shape index (κ1) is 11.5. The highest BCUT2D eigenvalue weighted by Crippen LogP contribution is 2.38. The van der Waals surface area contributed by atoms with E-state index in [0.29, 0.717) is 13.2 Å². The molecule has 1 aromatic rings. The Morgan fingerprint density at radius 2 is 2.31 bits per heavy atom. The lowest BCUT2D eigenvalue weighted by molar-refractivity contribution is 0.140. The lowest BCUT2D eigenvalue weighted by Gasteiger charge is -2.38. The largest absolute Gasteiger partial charge is 0.383 e. The summed E-state index contributed by atoms with van der Waals surface area (Å²) in [5.74, 6) is 0.915. The van der Waals surface area contributed by atoms with E-state index in [1.807, 2.05) is 4.68 Å². The molecule has 1 aromatic heterocycles. The van der Waals surface area contributed by atoms with Crippen LogP contribution in [0.1, 0.15) is 32.0 Å². The average Bonchev–Trinajstić information content (AvgIpc) is 2.69. The minimum absolute atomic E-state index is 0.141. The second-order valence-electron chi connectivity index (χ2n) is 4.53. The van der Waals surface area contributed by atoms with Crippen LogP contribution in [0.5, 0.6) is 0 Å². The van der Waals surface area contributed by atoms with Crippen LogP contribution in [-0.2, 0) is 16.8 Å². The monoisotopic (exact) mass is 225 g/mol. The van der Waals surface area contributed by atoms with Crippen LogP contribution in [0.25, 0.3) is 0 Å². The van der Waals surface area contributed by atoms with Gasteiger partial charge in [-0.25, -0.2) is 4.68 Å². The van der Waals surface area contributed by atoms with Gasteiger partial charge in [0.05, 0.1) is 18.7 Å². The minimum Gasteiger partial charge on any atom is -0.383 e. The van der Waals surface area contributed by atoms with Crippen LogP contribution in [0.2, 0.25) is 0 Å². The van der Waals surface area contributed by atoms with Crippen LogP contribution in [0.3, 0.4) is 0 Å². The highest BCUT2D eigenvalue weighted by molar-refractivity contribution is 4.95. The van der Waals surface area contributed by atoms with Gasteiger partial charge in [-0.15, -0.1) is 5.10 Å². The van der Waals surface area contributed by atoms with Crippen molar-refractivity contribution in [1.82, 2.24) is 25.5 Å². The van der Waals surface area contributed by atoms with Crippen molar-refractivity contribution in [3.8, 4) is 0 Å². The number of methoxy groups -OCH3 is 1. The number of rotatable bonds is 6. The minimum atomic E-state index is 0.141. The molecule has 6 nitrogen and oxygen atoms in total. The third-order valence-corrected chi connectivity index (χ3v) is 3.24. The number of hydrogen-bond donors (Lipinski definition) is 1. The number of nitrogens with zero attached hydrogens (tertiary/aromatic N) is 4. The standard InChI is InChI=1S/C10H19N5O/c1-10(4-3-5-10)15-9(12-13-14-15)8-11-6-7-16-2/h11H,3-8H2,1-2H3. The molecular formula is C10H19N5O. The van der Waals surface area contributed by atoms with Gasteiger partial charge in [0.2, 0.25) is 0 Å². The van der Waals surface area contributed by atoms with Crippen molar-refractivity contribution in [3.05, 3.63) is 5.82 Å². The Kier molecular flexibility index (Phi) is 3.50. The van der Waals surface area contributed by atoms with Gasteiger partial charge in [-0.2, -0.15) is 0 Å². The highest BCUT2D eigenvalue weighted by atomic mass is 16.5. The van der Waals surface area contributed by atoms with Gasteiger partial charge in [0.25, 0.3) is 0 Å². The molecule has 0 amide bonds. The number of aromatic nitrogens is 4. The van der Waals surface area contributed by atoms with Gasteiger partial charge in [-0.3, -0.25) is 0 Å². The summed E-state index contributed by atoms with van der Waals surface area (Å²) in [6.07, 6.45) is 3.61. The topological polar surface area (TPSA) is 64.9 Å². The lowest BCUT2D eigenvalue weighted by atomic mass is 9.78. The molecule has 16 heavy (non-hydrogen) atoms. The molecule has 1 heterocycles. The molecule has 90 valence electrons. The van der Waals surface area contributed by atoms with Crippen molar-refractivity contribution < 1.29 is 4.74 Å². The smallest absolute Gasteiger partial charge is 0.165 e. The van der Waals surface area contributed by atoms with Crippen molar-refractivity contribution >= 4 is 0 Å². The Hall–Kier alpha value is -1.01. The zero-order valence-corrected chi connectivity index (χ0v) is 9.94. The number of nitrogens with one attached hydrogen (secondary N) is 1. The average molecular weight is 225 g/mol. The van der Waals surface area contributed by atoms with E-state index >= 15 is 0 Å². The van der Waals surface area contributed by atoms with Crippen molar-refractivity contribution in [3.63, 3.8) is 0 Å². The summed E-state index contributed by atoms with van der Waals surface area (Å²) >= 11 is 0. The molecule has 6 heteroatoms. The van der Waals surface area contributed by atoms with E-state index in [1.54, 1.807) is 7.11 Å². The first-order valence-electron chi connectivity index (χ1n) is 5.74. The maximum Gasteiger partial charge on any atom is 0.165 e. The van der Waals surface area contributed by atoms with Gasteiger partial charge in [0.15, 0.2) is 5.82 Å². The Morgan fingerprint density at radius 3 is 2.94 bits per heavy atom. The molecule has 2 rings (SSSR count). The SMILES string of the molecule is COCCNCc1nnnn1C1(C)CCC1. The molecule has 0 atom stereocenters. The Balaban J connectivity index is 1.91. The van der Waals surface area contributed by atoms with Gasteiger partial charge in [0.1, 0.15) is 0 Å². The molecule has 1 fully saturated rings. The molecule has 1 N–H and O–H groups in total. The fraction of sp³-hybridized carbons (Fsp3) is 0.900. The maximum atomic E-state index is 4.97. The van der Waals surface area contributed by atoms with E-state index in [4.69, 9.17) is 4.74 Å². The van der Waals surface area contributed by atoms with E-state index in [2.05, 4.69) is 27.8 Å². The predicted octanol–water partition coefficient (Wildman–Crippen LogP) is 0.308. The molecule has 1 aliphatic rings. The number of tetrazole rings is 1. The number of ether oxygens (including phenoxy) is 1. The third kappa shape index (κ3) is 2.22. The summed E-state index contributed by atoms with van der Waals surface area (Å²) < 4.78 is 6.94. The second-order valence-corrected chi connectivity index (χ2v) is 4.53. The highest BCUT2D eigenvalue weighted by Gasteiger charge is 2.36. The summed E-state index contributed by atoms with van der Waals surface area (Å²) in [5.41, 5.74) is 0.141. The molecule has 1 aliphatic carbocycles. The summed E-state index contributed by atoms with van der Waals surface area (Å²) in [6.45, 7) is 4.44. The van der Waals surface area contributed by atoms with E-state index in [-0.39, 0.29) is 5.54 Å². The van der Waals surface area contributed by atoms with Crippen molar-refractivity contribution in [1.29, 1.82) is 0 Å². The van der Waals surface area contributed by atoms with Crippen LogP contribution in [0, 0.1) is 0 Å². The quantitative estimate of drug-likeness (QED) is 0.706. The van der Waals surface area contributed by atoms with Crippen LogP contribution in [0.4, 0.5) is 0 Å². The van der Waals surface area contributed by atoms with Crippen LogP contribution in [-0.4, -0.2) is 40.5 Å². The van der Waals surface area contributed by atoms with Gasteiger partial charge in [-0.1, -0.05) is 0 Å². The molecule has 0 spiro atoms. The van der Waals surface area contributed by atoms with E-state index in [0.717, 1.165) is 12.4 Å². The summed E-state index contributed by atoms with van der Waals surface area (Å²) in [4.78, 5) is 0. The predicted molar refractivity (Wildman–Crippen MR) is 58.9 cm³/mol. The summed E-state index contributed by atoms with van der Waals surface area (Å²) in [5, 5.41) is 15.2. The van der Waals surface area contributed by atoms with Crippen LogP contribution >= 0.6 is 0 Å². The normalized spacial score (nSPS) is 18.4. The first-order chi connectivity index (χ1) is 7.76. The summed E-state index contributed by atoms with van der Waals surface area (Å²) in [7, 11) is 1.70. The molecule has 0 saturated heterocycles. The van der Waals surface area contributed by atoms with E-state index in [9.17, 15) is 0 Å². The Morgan fingerprint density at radius 1 is 1.50 bits per heavy atom. The molecule has 0 aliphatic heterocycles. The fourth-order valence-electron chi connectivity index (χ4n) is 2.01. The van der Waals surface area contributed by atoms with E-state index in [1.165, 1.54) is 19.3 Å². The zero-order valence-electron chi connectivity index (χ0n) is 9.94. The first-order valence-corrected chi connectivity index (χ1v) is 5.74. The van der Waals surface area contributed by atoms with Gasteiger partial charge in [-0.05, 0) is 36.6 Å². The van der Waals surface area contributed by atoms with Crippen molar-refractivity contribution in [2.45, 2.75) is 38.3 Å². The second kappa shape index (κ2) is 4.88. The Bertz CT molecular complexity index is 334. The molecule has 0 unspecified atom stereocenters. The molecule has 0 aromatic carbocycles. The van der Waals surface area contributed by atoms with E-state index < -0.39 is 0 Å². The van der Waals surface area contributed by atoms with Crippen LogP contribution in [0.15, 0.2) is 0 Å². The summed E-state index contributed by atoms with van der Waals surface area (Å²) in [6, 6.07) is 0. The van der Waals surface area contributed by atoms with Gasteiger partial charge >= 0.3 is 0 Å². The Labute approximate surface area is 95.4 Å². The molecule has 0 radical (unpaired) electrons. The third-order valence-electron chi connectivity index (χ3n) is 3.24. The molecule has 0 bridgehead atoms. The van der Waals surface area contributed by atoms with Crippen molar-refractivity contribution in [2.75, 3.05) is 20.3 Å². The van der Waals surface area contributed by atoms with Gasteiger partial charge in [0, 0.05) is 13.7 Å². The number of hydrogen-bond acceptors (Lipinski definition) is 5. The lowest BCUT2D eigenvalue weighted by Crippen LogP contribution is -2.40. The maximum absolute atomic E-state index is 4.97. The zero-order chi connectivity index (χ0) is 11.4. The molecular weight excluding hydrogens is 206 g/mol. The fourth-order valence-corrected chi connectivity index (χ4v) is 2.01. The molecule has 1 saturated carbocycles. The van der Waals surface area contributed by atoms with Crippen molar-refractivity contribution in [2.24, 2.45) is 0 Å². The van der Waals surface area contributed by atoms with Gasteiger partial charge < -0.3 is 10.1 Å².